The van der Waals surface area contributed by atoms with Crippen molar-refractivity contribution in [1.29, 1.82) is 0 Å². The van der Waals surface area contributed by atoms with Gasteiger partial charge in [0.05, 0.1) is 23.5 Å². The number of anilines is 1. The van der Waals surface area contributed by atoms with Crippen molar-refractivity contribution in [2.45, 2.75) is 13.0 Å². The molecule has 0 aliphatic rings. The van der Waals surface area contributed by atoms with Gasteiger partial charge in [-0.25, -0.2) is 18.3 Å². The Kier molecular flexibility index (Phi) is 5.99. The van der Waals surface area contributed by atoms with Gasteiger partial charge >= 0.3 is 6.01 Å². The summed E-state index contributed by atoms with van der Waals surface area (Å²) in [6.45, 7) is 2.75. The van der Waals surface area contributed by atoms with E-state index in [-0.39, 0.29) is 6.01 Å². The molecule has 4 aromatic rings. The maximum atomic E-state index is 14.2. The second-order valence-electron chi connectivity index (χ2n) is 6.85. The number of rotatable bonds is 8. The molecular formula is C21H21F2N7O. The smallest absolute Gasteiger partial charge is 0.318 e. The van der Waals surface area contributed by atoms with E-state index in [2.05, 4.69) is 30.7 Å². The molecule has 160 valence electrons. The highest BCUT2D eigenvalue weighted by Crippen LogP contribution is 2.28. The first-order chi connectivity index (χ1) is 15.0. The van der Waals surface area contributed by atoms with Gasteiger partial charge in [0.25, 0.3) is 0 Å². The number of fused-ring (bicyclic) bond motifs is 1. The highest BCUT2D eigenvalue weighted by atomic mass is 19.1. The number of halogens is 2. The number of ether oxygens (including phenoxy) is 1. The minimum Gasteiger partial charge on any atom is -0.462 e. The number of hydrogen-bond acceptors (Lipinski definition) is 7. The van der Waals surface area contributed by atoms with Gasteiger partial charge in [0.1, 0.15) is 24.1 Å². The average molecular weight is 425 g/mol. The van der Waals surface area contributed by atoms with E-state index in [9.17, 15) is 8.78 Å². The molecule has 0 bridgehead atoms. The molecule has 3 heterocycles. The number of benzene rings is 1. The molecule has 0 amide bonds. The molecule has 0 spiro atoms. The Morgan fingerprint density at radius 3 is 2.87 bits per heavy atom. The summed E-state index contributed by atoms with van der Waals surface area (Å²) in [5.41, 5.74) is 2.20. The molecule has 3 aromatic heterocycles. The number of hydrogen-bond donors (Lipinski definition) is 2. The van der Waals surface area contributed by atoms with Gasteiger partial charge < -0.3 is 15.4 Å². The maximum Gasteiger partial charge on any atom is 0.318 e. The lowest BCUT2D eigenvalue weighted by molar-refractivity contribution is 0.294. The molecule has 0 fully saturated rings. The lowest BCUT2D eigenvalue weighted by Crippen LogP contribution is -2.17. The molecule has 2 N–H and O–H groups in total. The lowest BCUT2D eigenvalue weighted by Gasteiger charge is -2.17. The summed E-state index contributed by atoms with van der Waals surface area (Å²) in [6.07, 6.45) is 5.12. The van der Waals surface area contributed by atoms with Crippen molar-refractivity contribution in [2.75, 3.05) is 25.5 Å². The second kappa shape index (κ2) is 9.00. The van der Waals surface area contributed by atoms with Crippen molar-refractivity contribution in [2.24, 2.45) is 0 Å². The molecular weight excluding hydrogens is 404 g/mol. The van der Waals surface area contributed by atoms with Crippen LogP contribution in [0.2, 0.25) is 0 Å². The van der Waals surface area contributed by atoms with Crippen LogP contribution in [-0.4, -0.2) is 44.8 Å². The Balaban J connectivity index is 1.69. The average Bonchev–Trinajstić information content (AvgIpc) is 3.18. The Hall–Kier alpha value is -3.66. The van der Waals surface area contributed by atoms with Gasteiger partial charge in [0, 0.05) is 36.6 Å². The molecule has 10 heteroatoms. The fraction of sp³-hybridized carbons (Fsp3) is 0.238. The first kappa shape index (κ1) is 20.6. The van der Waals surface area contributed by atoms with Crippen LogP contribution in [0.15, 0.2) is 48.9 Å². The van der Waals surface area contributed by atoms with E-state index in [1.807, 2.05) is 7.05 Å². The molecule has 0 aliphatic heterocycles. The molecule has 0 unspecified atom stereocenters. The van der Waals surface area contributed by atoms with Crippen LogP contribution in [0.1, 0.15) is 18.5 Å². The third-order valence-electron chi connectivity index (χ3n) is 4.64. The van der Waals surface area contributed by atoms with Crippen LogP contribution in [0.4, 0.5) is 14.6 Å². The van der Waals surface area contributed by atoms with Crippen molar-refractivity contribution in [3.63, 3.8) is 0 Å². The normalized spacial score (nSPS) is 12.1. The minimum atomic E-state index is -0.633. The number of likely N-dealkylation sites (N-methyl/N-ethyl adjacent to an activating group) is 1. The fourth-order valence-electron chi connectivity index (χ4n) is 3.11. The van der Waals surface area contributed by atoms with Crippen molar-refractivity contribution < 1.29 is 13.5 Å². The molecule has 8 nitrogen and oxygen atoms in total. The molecule has 1 atom stereocenters. The van der Waals surface area contributed by atoms with E-state index >= 15 is 0 Å². The Bertz CT molecular complexity index is 1200. The lowest BCUT2D eigenvalue weighted by atomic mass is 10.1. The molecule has 0 saturated heterocycles. The van der Waals surface area contributed by atoms with Gasteiger partial charge in [0.2, 0.25) is 0 Å². The summed E-state index contributed by atoms with van der Waals surface area (Å²) in [7, 11) is 1.82. The maximum absolute atomic E-state index is 14.2. The SMILES string of the molecule is CNCCOc1nc(N[C@@H](C)c2ccc(F)cc2F)cc(-c2cnn3cccnc23)n1. The minimum absolute atomic E-state index is 0.164. The first-order valence-corrected chi connectivity index (χ1v) is 9.72. The summed E-state index contributed by atoms with van der Waals surface area (Å²) >= 11 is 0. The zero-order valence-corrected chi connectivity index (χ0v) is 17.0. The quantitative estimate of drug-likeness (QED) is 0.419. The standard InChI is InChI=1S/C21H21F2N7O/c1-13(15-5-4-14(22)10-17(15)23)27-19-11-18(28-21(29-19)31-9-7-24-2)16-12-26-30-8-3-6-25-20(16)30/h3-6,8,10-13,24H,7,9H2,1-2H3,(H,27,28,29)/t13-/m0/s1. The molecule has 1 aromatic carbocycles. The van der Waals surface area contributed by atoms with E-state index in [1.165, 1.54) is 12.1 Å². The second-order valence-corrected chi connectivity index (χ2v) is 6.85. The fourth-order valence-corrected chi connectivity index (χ4v) is 3.11. The van der Waals surface area contributed by atoms with Crippen molar-refractivity contribution >= 4 is 11.5 Å². The van der Waals surface area contributed by atoms with Gasteiger partial charge in [-0.2, -0.15) is 15.1 Å². The van der Waals surface area contributed by atoms with Crippen LogP contribution in [0, 0.1) is 11.6 Å². The highest BCUT2D eigenvalue weighted by molar-refractivity contribution is 5.75. The van der Waals surface area contributed by atoms with Crippen LogP contribution in [0.3, 0.4) is 0 Å². The summed E-state index contributed by atoms with van der Waals surface area (Å²) in [4.78, 5) is 13.2. The monoisotopic (exact) mass is 425 g/mol. The summed E-state index contributed by atoms with van der Waals surface area (Å²) < 4.78 is 34.8. The zero-order chi connectivity index (χ0) is 21.8. The van der Waals surface area contributed by atoms with Gasteiger partial charge in [-0.15, -0.1) is 0 Å². The highest BCUT2D eigenvalue weighted by Gasteiger charge is 2.16. The van der Waals surface area contributed by atoms with Gasteiger partial charge in [-0.3, -0.25) is 0 Å². The Morgan fingerprint density at radius 2 is 2.06 bits per heavy atom. The Labute approximate surface area is 177 Å². The largest absolute Gasteiger partial charge is 0.462 e. The van der Waals surface area contributed by atoms with E-state index in [0.29, 0.717) is 41.4 Å². The molecule has 0 aliphatic carbocycles. The number of nitrogens with one attached hydrogen (secondary N) is 2. The van der Waals surface area contributed by atoms with Crippen molar-refractivity contribution in [3.05, 3.63) is 66.1 Å². The summed E-state index contributed by atoms with van der Waals surface area (Å²) in [5, 5.41) is 10.4. The topological polar surface area (TPSA) is 89.3 Å². The van der Waals surface area contributed by atoms with E-state index in [1.54, 1.807) is 42.2 Å². The predicted molar refractivity (Wildman–Crippen MR) is 112 cm³/mol. The first-order valence-electron chi connectivity index (χ1n) is 9.72. The summed E-state index contributed by atoms with van der Waals surface area (Å²) in [5.74, 6) is -0.832. The molecule has 0 saturated carbocycles. The third kappa shape index (κ3) is 4.58. The van der Waals surface area contributed by atoms with E-state index in [0.717, 1.165) is 6.07 Å². The summed E-state index contributed by atoms with van der Waals surface area (Å²) in [6, 6.07) is 6.67. The molecule has 4 rings (SSSR count). The van der Waals surface area contributed by atoms with Crippen molar-refractivity contribution in [1.82, 2.24) is 29.9 Å². The van der Waals surface area contributed by atoms with E-state index < -0.39 is 17.7 Å². The van der Waals surface area contributed by atoms with Crippen molar-refractivity contribution in [3.8, 4) is 17.3 Å². The van der Waals surface area contributed by atoms with Crippen LogP contribution in [0.5, 0.6) is 6.01 Å². The van der Waals surface area contributed by atoms with Crippen LogP contribution >= 0.6 is 0 Å². The van der Waals surface area contributed by atoms with Gasteiger partial charge in [0.15, 0.2) is 5.65 Å². The van der Waals surface area contributed by atoms with Crippen LogP contribution < -0.4 is 15.4 Å². The van der Waals surface area contributed by atoms with Crippen LogP contribution in [0.25, 0.3) is 16.9 Å². The predicted octanol–water partition coefficient (Wildman–Crippen LogP) is 3.24. The molecule has 31 heavy (non-hydrogen) atoms. The van der Waals surface area contributed by atoms with Crippen LogP contribution in [-0.2, 0) is 0 Å². The van der Waals surface area contributed by atoms with Gasteiger partial charge in [-0.1, -0.05) is 6.07 Å². The van der Waals surface area contributed by atoms with Gasteiger partial charge in [-0.05, 0) is 26.1 Å². The van der Waals surface area contributed by atoms with E-state index in [4.69, 9.17) is 4.74 Å². The molecule has 0 radical (unpaired) electrons. The number of nitrogens with zero attached hydrogens (tertiary/aromatic N) is 5. The third-order valence-corrected chi connectivity index (χ3v) is 4.64. The zero-order valence-electron chi connectivity index (χ0n) is 17.0. The number of aromatic nitrogens is 5. The Morgan fingerprint density at radius 1 is 1.19 bits per heavy atom.